The third kappa shape index (κ3) is 4.65. The SMILES string of the molecule is C=C(C)COc1ccc(C2(C)NC(=O)N(CC(=O)NCc3ccncc3)C2=O)cc1. The van der Waals surface area contributed by atoms with Gasteiger partial charge in [0, 0.05) is 18.9 Å². The quantitative estimate of drug-likeness (QED) is 0.515. The van der Waals surface area contributed by atoms with E-state index < -0.39 is 23.4 Å². The van der Waals surface area contributed by atoms with E-state index in [9.17, 15) is 14.4 Å². The first-order valence-electron chi connectivity index (χ1n) is 9.47. The molecule has 8 heteroatoms. The van der Waals surface area contributed by atoms with Crippen molar-refractivity contribution in [2.75, 3.05) is 13.2 Å². The van der Waals surface area contributed by atoms with Gasteiger partial charge in [0.25, 0.3) is 5.91 Å². The normalized spacial score (nSPS) is 18.1. The van der Waals surface area contributed by atoms with Crippen LogP contribution in [0.15, 0.2) is 60.9 Å². The molecule has 1 aliphatic rings. The number of pyridine rings is 1. The molecule has 1 aromatic heterocycles. The van der Waals surface area contributed by atoms with Gasteiger partial charge in [0.15, 0.2) is 0 Å². The van der Waals surface area contributed by atoms with E-state index >= 15 is 0 Å². The van der Waals surface area contributed by atoms with E-state index in [1.165, 1.54) is 0 Å². The highest BCUT2D eigenvalue weighted by Gasteiger charge is 2.49. The monoisotopic (exact) mass is 408 g/mol. The van der Waals surface area contributed by atoms with E-state index in [1.807, 2.05) is 6.92 Å². The Labute approximate surface area is 174 Å². The van der Waals surface area contributed by atoms with Crippen LogP contribution in [-0.2, 0) is 21.7 Å². The Morgan fingerprint density at radius 1 is 1.20 bits per heavy atom. The van der Waals surface area contributed by atoms with Crippen LogP contribution in [0.1, 0.15) is 25.0 Å². The number of nitrogens with one attached hydrogen (secondary N) is 2. The second kappa shape index (κ2) is 8.77. The number of aromatic nitrogens is 1. The lowest BCUT2D eigenvalue weighted by Crippen LogP contribution is -2.43. The van der Waals surface area contributed by atoms with Gasteiger partial charge in [-0.15, -0.1) is 0 Å². The predicted octanol–water partition coefficient (Wildman–Crippen LogP) is 2.12. The molecule has 0 saturated carbocycles. The highest BCUT2D eigenvalue weighted by atomic mass is 16.5. The molecule has 0 aliphatic carbocycles. The van der Waals surface area contributed by atoms with Gasteiger partial charge in [0.2, 0.25) is 5.91 Å². The van der Waals surface area contributed by atoms with Gasteiger partial charge in [0.05, 0.1) is 0 Å². The van der Waals surface area contributed by atoms with Crippen molar-refractivity contribution in [1.82, 2.24) is 20.5 Å². The van der Waals surface area contributed by atoms with Crippen LogP contribution in [0, 0.1) is 0 Å². The third-order valence-corrected chi connectivity index (χ3v) is 4.73. The molecular formula is C22H24N4O4. The standard InChI is InChI=1S/C22H24N4O4/c1-15(2)14-30-18-6-4-17(5-7-18)22(3)20(28)26(21(29)25-22)13-19(27)24-12-16-8-10-23-11-9-16/h4-11H,1,12-14H2,2-3H3,(H,24,27)(H,25,29). The van der Waals surface area contributed by atoms with E-state index in [-0.39, 0.29) is 13.1 Å². The van der Waals surface area contributed by atoms with Crippen LogP contribution in [0.4, 0.5) is 4.79 Å². The minimum Gasteiger partial charge on any atom is -0.489 e. The summed E-state index contributed by atoms with van der Waals surface area (Å²) in [6.45, 7) is 7.59. The number of hydrogen-bond acceptors (Lipinski definition) is 5. The molecule has 4 amide bonds. The van der Waals surface area contributed by atoms with Crippen molar-refractivity contribution >= 4 is 17.8 Å². The summed E-state index contributed by atoms with van der Waals surface area (Å²) in [5, 5.41) is 5.39. The number of ether oxygens (including phenoxy) is 1. The van der Waals surface area contributed by atoms with Crippen molar-refractivity contribution in [2.24, 2.45) is 0 Å². The van der Waals surface area contributed by atoms with Crippen LogP contribution in [-0.4, -0.2) is 40.9 Å². The molecule has 2 aromatic rings. The number of hydrogen-bond donors (Lipinski definition) is 2. The summed E-state index contributed by atoms with van der Waals surface area (Å²) in [5.41, 5.74) is 1.11. The molecule has 8 nitrogen and oxygen atoms in total. The van der Waals surface area contributed by atoms with Gasteiger partial charge in [-0.25, -0.2) is 4.79 Å². The van der Waals surface area contributed by atoms with Gasteiger partial charge in [-0.05, 0) is 54.8 Å². The molecule has 2 heterocycles. The van der Waals surface area contributed by atoms with Crippen LogP contribution in [0.5, 0.6) is 5.75 Å². The Morgan fingerprint density at radius 2 is 1.87 bits per heavy atom. The van der Waals surface area contributed by atoms with E-state index in [4.69, 9.17) is 4.74 Å². The van der Waals surface area contributed by atoms with Gasteiger partial charge in [-0.2, -0.15) is 0 Å². The van der Waals surface area contributed by atoms with Gasteiger partial charge < -0.3 is 15.4 Å². The minimum atomic E-state index is -1.25. The van der Waals surface area contributed by atoms with Crippen molar-refractivity contribution in [1.29, 1.82) is 0 Å². The second-order valence-electron chi connectivity index (χ2n) is 7.35. The Morgan fingerprint density at radius 3 is 2.50 bits per heavy atom. The van der Waals surface area contributed by atoms with E-state index in [0.717, 1.165) is 16.0 Å². The largest absolute Gasteiger partial charge is 0.489 e. The van der Waals surface area contributed by atoms with E-state index in [2.05, 4.69) is 22.2 Å². The molecular weight excluding hydrogens is 384 g/mol. The van der Waals surface area contributed by atoms with Gasteiger partial charge in [-0.3, -0.25) is 19.5 Å². The highest BCUT2D eigenvalue weighted by Crippen LogP contribution is 2.30. The van der Waals surface area contributed by atoms with Crippen molar-refractivity contribution in [2.45, 2.75) is 25.9 Å². The average Bonchev–Trinajstić information content (AvgIpc) is 2.95. The summed E-state index contributed by atoms with van der Waals surface area (Å²) in [6, 6.07) is 9.84. The molecule has 3 rings (SSSR count). The number of amides is 4. The molecule has 156 valence electrons. The van der Waals surface area contributed by atoms with Crippen molar-refractivity contribution in [3.8, 4) is 5.75 Å². The average molecular weight is 408 g/mol. The first-order valence-corrected chi connectivity index (χ1v) is 9.47. The van der Waals surface area contributed by atoms with Crippen LogP contribution in [0.3, 0.4) is 0 Å². The summed E-state index contributed by atoms with van der Waals surface area (Å²) in [4.78, 5) is 42.5. The molecule has 1 aliphatic heterocycles. The topological polar surface area (TPSA) is 101 Å². The number of carbonyl (C=O) groups excluding carboxylic acids is 3. The first-order chi connectivity index (χ1) is 14.3. The zero-order valence-corrected chi connectivity index (χ0v) is 17.0. The smallest absolute Gasteiger partial charge is 0.325 e. The number of benzene rings is 1. The zero-order valence-electron chi connectivity index (χ0n) is 17.0. The van der Waals surface area contributed by atoms with Crippen molar-refractivity contribution < 1.29 is 19.1 Å². The molecule has 1 atom stereocenters. The van der Waals surface area contributed by atoms with E-state index in [0.29, 0.717) is 17.9 Å². The third-order valence-electron chi connectivity index (χ3n) is 4.73. The molecule has 1 saturated heterocycles. The molecule has 0 radical (unpaired) electrons. The molecule has 1 aromatic carbocycles. The van der Waals surface area contributed by atoms with Gasteiger partial charge >= 0.3 is 6.03 Å². The minimum absolute atomic E-state index is 0.286. The summed E-state index contributed by atoms with van der Waals surface area (Å²) < 4.78 is 5.56. The fourth-order valence-corrected chi connectivity index (χ4v) is 3.03. The van der Waals surface area contributed by atoms with Gasteiger partial charge in [0.1, 0.15) is 24.4 Å². The maximum Gasteiger partial charge on any atom is 0.325 e. The number of nitrogens with zero attached hydrogens (tertiary/aromatic N) is 2. The Balaban J connectivity index is 1.64. The summed E-state index contributed by atoms with van der Waals surface area (Å²) in [5.74, 6) is -0.278. The predicted molar refractivity (Wildman–Crippen MR) is 110 cm³/mol. The lowest BCUT2D eigenvalue weighted by atomic mass is 9.92. The zero-order chi connectivity index (χ0) is 21.7. The maximum atomic E-state index is 13.0. The molecule has 1 fully saturated rings. The molecule has 0 spiro atoms. The fourth-order valence-electron chi connectivity index (χ4n) is 3.03. The number of imide groups is 1. The summed E-state index contributed by atoms with van der Waals surface area (Å²) in [6.07, 6.45) is 3.25. The fraction of sp³-hybridized carbons (Fsp3) is 0.273. The second-order valence-corrected chi connectivity index (χ2v) is 7.35. The molecule has 1 unspecified atom stereocenters. The van der Waals surface area contributed by atoms with Crippen LogP contribution in [0.25, 0.3) is 0 Å². The Kier molecular flexibility index (Phi) is 6.15. The van der Waals surface area contributed by atoms with Crippen molar-refractivity contribution in [3.63, 3.8) is 0 Å². The lowest BCUT2D eigenvalue weighted by Gasteiger charge is -2.22. The Hall–Kier alpha value is -3.68. The van der Waals surface area contributed by atoms with Crippen LogP contribution in [0.2, 0.25) is 0 Å². The summed E-state index contributed by atoms with van der Waals surface area (Å²) >= 11 is 0. The number of rotatable bonds is 8. The maximum absolute atomic E-state index is 13.0. The number of urea groups is 1. The van der Waals surface area contributed by atoms with Gasteiger partial charge in [-0.1, -0.05) is 18.7 Å². The van der Waals surface area contributed by atoms with Crippen LogP contribution >= 0.6 is 0 Å². The summed E-state index contributed by atoms with van der Waals surface area (Å²) in [7, 11) is 0. The van der Waals surface area contributed by atoms with Crippen molar-refractivity contribution in [3.05, 3.63) is 72.1 Å². The molecule has 0 bridgehead atoms. The van der Waals surface area contributed by atoms with E-state index in [1.54, 1.807) is 55.7 Å². The number of carbonyl (C=O) groups is 3. The molecule has 2 N–H and O–H groups in total. The molecule has 30 heavy (non-hydrogen) atoms. The highest BCUT2D eigenvalue weighted by molar-refractivity contribution is 6.09. The first kappa shape index (κ1) is 21.0. The Bertz CT molecular complexity index is 959. The van der Waals surface area contributed by atoms with Crippen LogP contribution < -0.4 is 15.4 Å². The lowest BCUT2D eigenvalue weighted by molar-refractivity contribution is -0.134.